The van der Waals surface area contributed by atoms with Crippen molar-refractivity contribution in [2.75, 3.05) is 12.4 Å². The van der Waals surface area contributed by atoms with Gasteiger partial charge < -0.3 is 15.8 Å². The van der Waals surface area contributed by atoms with Crippen LogP contribution in [0.3, 0.4) is 0 Å². The summed E-state index contributed by atoms with van der Waals surface area (Å²) in [7, 11) is 1.35. The van der Waals surface area contributed by atoms with E-state index in [1.165, 1.54) is 39.2 Å². The molecule has 1 aromatic carbocycles. The van der Waals surface area contributed by atoms with E-state index >= 15 is 0 Å². The van der Waals surface area contributed by atoms with E-state index in [0.717, 1.165) is 11.3 Å². The minimum absolute atomic E-state index is 0.408. The number of rotatable bonds is 4. The van der Waals surface area contributed by atoms with Crippen LogP contribution in [0.25, 0.3) is 0 Å². The lowest BCUT2D eigenvalue weighted by Gasteiger charge is -2.24. The maximum absolute atomic E-state index is 11.4. The van der Waals surface area contributed by atoms with Crippen LogP contribution in [0.4, 0.5) is 5.69 Å². The molecule has 0 amide bonds. The summed E-state index contributed by atoms with van der Waals surface area (Å²) in [5.41, 5.74) is 7.66. The molecule has 0 radical (unpaired) electrons. The zero-order chi connectivity index (χ0) is 13.7. The number of anilines is 1. The van der Waals surface area contributed by atoms with E-state index in [2.05, 4.69) is 10.1 Å². The zero-order valence-corrected chi connectivity index (χ0v) is 11.4. The van der Waals surface area contributed by atoms with Gasteiger partial charge in [-0.15, -0.1) is 0 Å². The minimum Gasteiger partial charge on any atom is -0.468 e. The van der Waals surface area contributed by atoms with E-state index in [1.54, 1.807) is 0 Å². The molecule has 2 rings (SSSR count). The maximum Gasteiger partial charge on any atom is 0.327 e. The second kappa shape index (κ2) is 6.57. The van der Waals surface area contributed by atoms with Gasteiger partial charge in [0.2, 0.25) is 0 Å². The van der Waals surface area contributed by atoms with Crippen LogP contribution in [0.5, 0.6) is 0 Å². The molecule has 1 saturated carbocycles. The molecule has 1 aliphatic carbocycles. The Morgan fingerprint density at radius 2 is 2.11 bits per heavy atom. The third kappa shape index (κ3) is 3.70. The zero-order valence-electron chi connectivity index (χ0n) is 11.4. The van der Waals surface area contributed by atoms with Crippen molar-refractivity contribution in [2.24, 2.45) is 5.73 Å². The molecule has 0 heterocycles. The Labute approximate surface area is 114 Å². The first-order valence-corrected chi connectivity index (χ1v) is 6.90. The van der Waals surface area contributed by atoms with Crippen molar-refractivity contribution >= 4 is 11.7 Å². The average Bonchev–Trinajstić information content (AvgIpc) is 2.47. The number of esters is 1. The predicted molar refractivity (Wildman–Crippen MR) is 75.9 cm³/mol. The number of hydrogen-bond acceptors (Lipinski definition) is 4. The fourth-order valence-electron chi connectivity index (χ4n) is 2.57. The van der Waals surface area contributed by atoms with Crippen molar-refractivity contribution in [2.45, 2.75) is 44.2 Å². The summed E-state index contributed by atoms with van der Waals surface area (Å²) < 4.78 is 4.67. The molecule has 104 valence electrons. The molecular formula is C15H22N2O2. The number of nitrogens with one attached hydrogen (secondary N) is 1. The van der Waals surface area contributed by atoms with E-state index in [0.29, 0.717) is 6.04 Å². The van der Waals surface area contributed by atoms with E-state index < -0.39 is 12.0 Å². The fourth-order valence-corrected chi connectivity index (χ4v) is 2.57. The second-order valence-electron chi connectivity index (χ2n) is 5.11. The fraction of sp³-hybridized carbons (Fsp3) is 0.533. The van der Waals surface area contributed by atoms with Crippen molar-refractivity contribution < 1.29 is 9.53 Å². The number of ether oxygens (including phenoxy) is 1. The first-order valence-electron chi connectivity index (χ1n) is 6.90. The Morgan fingerprint density at radius 1 is 1.37 bits per heavy atom. The second-order valence-corrected chi connectivity index (χ2v) is 5.11. The van der Waals surface area contributed by atoms with Crippen molar-refractivity contribution in [1.82, 2.24) is 0 Å². The van der Waals surface area contributed by atoms with Crippen LogP contribution in [0.1, 0.15) is 43.7 Å². The number of carbonyl (C=O) groups is 1. The first kappa shape index (κ1) is 13.9. The van der Waals surface area contributed by atoms with Gasteiger partial charge in [-0.25, -0.2) is 0 Å². The first-order chi connectivity index (χ1) is 9.20. The summed E-state index contributed by atoms with van der Waals surface area (Å²) in [5, 5.41) is 3.53. The molecule has 4 nitrogen and oxygen atoms in total. The van der Waals surface area contributed by atoms with Gasteiger partial charge in [-0.1, -0.05) is 31.4 Å². The maximum atomic E-state index is 11.4. The highest BCUT2D eigenvalue weighted by Gasteiger charge is 2.17. The van der Waals surface area contributed by atoms with Gasteiger partial charge in [0, 0.05) is 11.7 Å². The molecule has 0 spiro atoms. The van der Waals surface area contributed by atoms with E-state index in [4.69, 9.17) is 5.73 Å². The van der Waals surface area contributed by atoms with Gasteiger partial charge in [0.1, 0.15) is 6.04 Å². The summed E-state index contributed by atoms with van der Waals surface area (Å²) in [4.78, 5) is 11.4. The van der Waals surface area contributed by atoms with Crippen LogP contribution in [0.2, 0.25) is 0 Å². The van der Waals surface area contributed by atoms with Crippen LogP contribution >= 0.6 is 0 Å². The number of benzene rings is 1. The van der Waals surface area contributed by atoms with Crippen LogP contribution in [0, 0.1) is 0 Å². The van der Waals surface area contributed by atoms with Gasteiger partial charge >= 0.3 is 5.97 Å². The highest BCUT2D eigenvalue weighted by molar-refractivity contribution is 5.77. The number of nitrogens with two attached hydrogens (primary N) is 1. The molecule has 1 aromatic rings. The molecule has 0 aromatic heterocycles. The summed E-state index contributed by atoms with van der Waals surface area (Å²) in [6.07, 6.45) is 6.35. The SMILES string of the molecule is COC(=O)C(N)c1cccc(NC2CCCCC2)c1. The third-order valence-electron chi connectivity index (χ3n) is 3.68. The van der Waals surface area contributed by atoms with Crippen LogP contribution in [0.15, 0.2) is 24.3 Å². The quantitative estimate of drug-likeness (QED) is 0.819. The topological polar surface area (TPSA) is 64.3 Å². The van der Waals surface area contributed by atoms with Crippen LogP contribution < -0.4 is 11.1 Å². The molecule has 1 atom stereocenters. The smallest absolute Gasteiger partial charge is 0.327 e. The van der Waals surface area contributed by atoms with Gasteiger partial charge in [-0.3, -0.25) is 4.79 Å². The highest BCUT2D eigenvalue weighted by atomic mass is 16.5. The molecule has 1 aliphatic rings. The molecule has 3 N–H and O–H groups in total. The van der Waals surface area contributed by atoms with Crippen LogP contribution in [-0.4, -0.2) is 19.1 Å². The molecule has 0 bridgehead atoms. The summed E-state index contributed by atoms with van der Waals surface area (Å²) in [6.45, 7) is 0. The molecule has 4 heteroatoms. The largest absolute Gasteiger partial charge is 0.468 e. The van der Waals surface area contributed by atoms with Gasteiger partial charge in [0.15, 0.2) is 0 Å². The summed E-state index contributed by atoms with van der Waals surface area (Å²) >= 11 is 0. The lowest BCUT2D eigenvalue weighted by molar-refractivity contribution is -0.142. The molecular weight excluding hydrogens is 240 g/mol. The Kier molecular flexibility index (Phi) is 4.80. The minimum atomic E-state index is -0.710. The molecule has 1 fully saturated rings. The van der Waals surface area contributed by atoms with E-state index in [1.807, 2.05) is 24.3 Å². The normalized spacial score (nSPS) is 17.8. The lowest BCUT2D eigenvalue weighted by atomic mass is 9.95. The van der Waals surface area contributed by atoms with Gasteiger partial charge in [0.25, 0.3) is 0 Å². The molecule has 0 aliphatic heterocycles. The van der Waals surface area contributed by atoms with Crippen LogP contribution in [-0.2, 0) is 9.53 Å². The number of hydrogen-bond donors (Lipinski definition) is 2. The summed E-state index contributed by atoms with van der Waals surface area (Å²) in [5.74, 6) is -0.408. The monoisotopic (exact) mass is 262 g/mol. The van der Waals surface area contributed by atoms with Crippen molar-refractivity contribution in [3.8, 4) is 0 Å². The Morgan fingerprint density at radius 3 is 2.79 bits per heavy atom. The van der Waals surface area contributed by atoms with Crippen molar-refractivity contribution in [3.63, 3.8) is 0 Å². The Bertz CT molecular complexity index is 428. The number of methoxy groups -OCH3 is 1. The van der Waals surface area contributed by atoms with E-state index in [9.17, 15) is 4.79 Å². The van der Waals surface area contributed by atoms with Crippen molar-refractivity contribution in [3.05, 3.63) is 29.8 Å². The predicted octanol–water partition coefficient (Wildman–Crippen LogP) is 2.60. The Balaban J connectivity index is 2.03. The lowest BCUT2D eigenvalue weighted by Crippen LogP contribution is -2.24. The van der Waals surface area contributed by atoms with E-state index in [-0.39, 0.29) is 0 Å². The number of carbonyl (C=O) groups excluding carboxylic acids is 1. The van der Waals surface area contributed by atoms with Crippen molar-refractivity contribution in [1.29, 1.82) is 0 Å². The van der Waals surface area contributed by atoms with Gasteiger partial charge in [-0.05, 0) is 30.5 Å². The molecule has 0 saturated heterocycles. The standard InChI is InChI=1S/C15H22N2O2/c1-19-15(18)14(16)11-6-5-9-13(10-11)17-12-7-3-2-4-8-12/h5-6,9-10,12,14,17H,2-4,7-8,16H2,1H3. The van der Waals surface area contributed by atoms with Gasteiger partial charge in [0.05, 0.1) is 7.11 Å². The Hall–Kier alpha value is -1.55. The van der Waals surface area contributed by atoms with Gasteiger partial charge in [-0.2, -0.15) is 0 Å². The molecule has 1 unspecified atom stereocenters. The average molecular weight is 262 g/mol. The summed E-state index contributed by atoms with van der Waals surface area (Å²) in [6, 6.07) is 7.56. The molecule has 19 heavy (non-hydrogen) atoms. The third-order valence-corrected chi connectivity index (χ3v) is 3.68. The highest BCUT2D eigenvalue weighted by Crippen LogP contribution is 2.23.